The first-order valence-corrected chi connectivity index (χ1v) is 12.7. The fraction of sp³-hybridized carbons (Fsp3) is 0.0294. The smallest absolute Gasteiger partial charge is 0.166 e. The Morgan fingerprint density at radius 3 is 1.74 bits per heavy atom. The highest BCUT2D eigenvalue weighted by molar-refractivity contribution is 6.09. The molecule has 0 amide bonds. The summed E-state index contributed by atoms with van der Waals surface area (Å²) in [6, 6.07) is 43.9. The van der Waals surface area contributed by atoms with Crippen LogP contribution in [0.2, 0.25) is 0 Å². The van der Waals surface area contributed by atoms with Gasteiger partial charge in [-0.25, -0.2) is 15.0 Å². The van der Waals surface area contributed by atoms with Crippen molar-refractivity contribution in [2.24, 2.45) is 0 Å². The molecule has 4 nitrogen and oxygen atoms in total. The molecule has 38 heavy (non-hydrogen) atoms. The molecule has 0 spiro atoms. The fourth-order valence-corrected chi connectivity index (χ4v) is 5.17. The number of aryl methyl sites for hydroxylation is 1. The van der Waals surface area contributed by atoms with Crippen molar-refractivity contribution in [3.05, 3.63) is 133 Å². The molecule has 0 fully saturated rings. The summed E-state index contributed by atoms with van der Waals surface area (Å²) < 4.78 is 2.32. The molecule has 4 heteroatoms. The van der Waals surface area contributed by atoms with E-state index in [2.05, 4.69) is 96.4 Å². The molecule has 180 valence electrons. The molecular weight excluding hydrogens is 464 g/mol. The normalized spacial score (nSPS) is 11.3. The van der Waals surface area contributed by atoms with E-state index in [0.717, 1.165) is 39.0 Å². The Hall–Kier alpha value is -5.09. The molecular formula is C34H24N4. The van der Waals surface area contributed by atoms with E-state index in [0.29, 0.717) is 17.5 Å². The molecule has 0 bridgehead atoms. The first-order valence-electron chi connectivity index (χ1n) is 12.7. The molecule has 0 saturated heterocycles. The van der Waals surface area contributed by atoms with Crippen LogP contribution in [0.5, 0.6) is 0 Å². The van der Waals surface area contributed by atoms with Crippen LogP contribution in [0.1, 0.15) is 5.56 Å². The Balaban J connectivity index is 1.52. The maximum atomic E-state index is 5.04. The van der Waals surface area contributed by atoms with Gasteiger partial charge in [0.2, 0.25) is 0 Å². The zero-order valence-electron chi connectivity index (χ0n) is 20.9. The van der Waals surface area contributed by atoms with Crippen molar-refractivity contribution in [2.75, 3.05) is 0 Å². The van der Waals surface area contributed by atoms with Crippen LogP contribution in [0.3, 0.4) is 0 Å². The molecule has 0 saturated carbocycles. The minimum absolute atomic E-state index is 0.646. The van der Waals surface area contributed by atoms with Gasteiger partial charge in [-0.2, -0.15) is 0 Å². The van der Waals surface area contributed by atoms with Crippen LogP contribution < -0.4 is 0 Å². The molecule has 0 aliphatic heterocycles. The SMILES string of the molecule is Cc1cccc(-c2nc(-c3ccccc3)nc(-c3ccccc3-n3c4ccccc4c4ccccc43)n2)c1. The van der Waals surface area contributed by atoms with E-state index in [1.807, 2.05) is 42.5 Å². The fourth-order valence-electron chi connectivity index (χ4n) is 5.17. The number of nitrogens with zero attached hydrogens (tertiary/aromatic N) is 4. The third kappa shape index (κ3) is 3.75. The standard InChI is InChI=1S/C34H24N4/c1-23-12-11-15-25(22-23)33-35-32(24-13-3-2-4-14-24)36-34(37-33)28-18-7-10-21-31(28)38-29-19-8-5-16-26(29)27-17-6-9-20-30(27)38/h2-22H,1H3. The highest BCUT2D eigenvalue weighted by Gasteiger charge is 2.18. The lowest BCUT2D eigenvalue weighted by molar-refractivity contribution is 1.06. The van der Waals surface area contributed by atoms with E-state index in [-0.39, 0.29) is 0 Å². The predicted molar refractivity (Wildman–Crippen MR) is 155 cm³/mol. The predicted octanol–water partition coefficient (Wildman–Crippen LogP) is 8.28. The summed E-state index contributed by atoms with van der Waals surface area (Å²) in [5.41, 5.74) is 7.38. The van der Waals surface area contributed by atoms with Gasteiger partial charge in [-0.3, -0.25) is 0 Å². The van der Waals surface area contributed by atoms with Crippen LogP contribution in [-0.4, -0.2) is 19.5 Å². The van der Waals surface area contributed by atoms with E-state index in [1.165, 1.54) is 10.8 Å². The van der Waals surface area contributed by atoms with Crippen molar-refractivity contribution in [1.82, 2.24) is 19.5 Å². The Bertz CT molecular complexity index is 1880. The summed E-state index contributed by atoms with van der Waals surface area (Å²) >= 11 is 0. The topological polar surface area (TPSA) is 43.6 Å². The van der Waals surface area contributed by atoms with E-state index in [9.17, 15) is 0 Å². The molecule has 5 aromatic carbocycles. The van der Waals surface area contributed by atoms with Crippen LogP contribution in [-0.2, 0) is 0 Å². The average molecular weight is 489 g/mol. The van der Waals surface area contributed by atoms with Crippen LogP contribution in [0, 0.1) is 6.92 Å². The Labute approximate surface area is 220 Å². The van der Waals surface area contributed by atoms with Gasteiger partial charge in [-0.05, 0) is 37.3 Å². The van der Waals surface area contributed by atoms with Gasteiger partial charge < -0.3 is 4.57 Å². The summed E-state index contributed by atoms with van der Waals surface area (Å²) in [6.45, 7) is 2.08. The highest BCUT2D eigenvalue weighted by Crippen LogP contribution is 2.36. The second kappa shape index (κ2) is 9.09. The minimum atomic E-state index is 0.646. The van der Waals surface area contributed by atoms with Crippen molar-refractivity contribution >= 4 is 21.8 Å². The summed E-state index contributed by atoms with van der Waals surface area (Å²) in [4.78, 5) is 15.0. The first kappa shape index (κ1) is 22.1. The number of benzene rings is 5. The summed E-state index contributed by atoms with van der Waals surface area (Å²) in [6.07, 6.45) is 0. The lowest BCUT2D eigenvalue weighted by atomic mass is 10.1. The third-order valence-electron chi connectivity index (χ3n) is 6.91. The zero-order valence-corrected chi connectivity index (χ0v) is 20.9. The van der Waals surface area contributed by atoms with Crippen LogP contribution >= 0.6 is 0 Å². The lowest BCUT2D eigenvalue weighted by Gasteiger charge is -2.14. The van der Waals surface area contributed by atoms with Gasteiger partial charge in [0.1, 0.15) is 0 Å². The number of aromatic nitrogens is 4. The number of hydrogen-bond donors (Lipinski definition) is 0. The zero-order chi connectivity index (χ0) is 25.5. The first-order chi connectivity index (χ1) is 18.8. The van der Waals surface area contributed by atoms with Gasteiger partial charge in [-0.1, -0.05) is 103 Å². The lowest BCUT2D eigenvalue weighted by Crippen LogP contribution is -2.03. The Morgan fingerprint density at radius 2 is 1.03 bits per heavy atom. The second-order valence-corrected chi connectivity index (χ2v) is 9.43. The van der Waals surface area contributed by atoms with Crippen molar-refractivity contribution in [1.29, 1.82) is 0 Å². The van der Waals surface area contributed by atoms with Gasteiger partial charge in [0.05, 0.1) is 16.7 Å². The second-order valence-electron chi connectivity index (χ2n) is 9.43. The quantitative estimate of drug-likeness (QED) is 0.250. The van der Waals surface area contributed by atoms with Crippen molar-refractivity contribution in [3.8, 4) is 39.9 Å². The molecule has 2 heterocycles. The molecule has 2 aromatic heterocycles. The molecule has 0 atom stereocenters. The molecule has 7 aromatic rings. The molecule has 0 unspecified atom stereocenters. The van der Waals surface area contributed by atoms with Crippen LogP contribution in [0.15, 0.2) is 127 Å². The van der Waals surface area contributed by atoms with E-state index in [1.54, 1.807) is 0 Å². The van der Waals surface area contributed by atoms with Crippen LogP contribution in [0.25, 0.3) is 61.7 Å². The maximum Gasteiger partial charge on any atom is 0.166 e. The number of fused-ring (bicyclic) bond motifs is 3. The molecule has 7 rings (SSSR count). The summed E-state index contributed by atoms with van der Waals surface area (Å²) in [7, 11) is 0. The minimum Gasteiger partial charge on any atom is -0.309 e. The molecule has 0 radical (unpaired) electrons. The van der Waals surface area contributed by atoms with E-state index >= 15 is 0 Å². The number of hydrogen-bond acceptors (Lipinski definition) is 3. The van der Waals surface area contributed by atoms with E-state index in [4.69, 9.17) is 15.0 Å². The van der Waals surface area contributed by atoms with Gasteiger partial charge >= 0.3 is 0 Å². The maximum absolute atomic E-state index is 5.04. The van der Waals surface area contributed by atoms with E-state index < -0.39 is 0 Å². The van der Waals surface area contributed by atoms with Gasteiger partial charge in [0.15, 0.2) is 17.5 Å². The van der Waals surface area contributed by atoms with Crippen molar-refractivity contribution in [2.45, 2.75) is 6.92 Å². The largest absolute Gasteiger partial charge is 0.309 e. The summed E-state index contributed by atoms with van der Waals surface area (Å²) in [5.74, 6) is 1.96. The van der Waals surface area contributed by atoms with Gasteiger partial charge in [0.25, 0.3) is 0 Å². The van der Waals surface area contributed by atoms with Gasteiger partial charge in [0, 0.05) is 27.5 Å². The number of para-hydroxylation sites is 3. The third-order valence-corrected chi connectivity index (χ3v) is 6.91. The molecule has 0 aliphatic carbocycles. The van der Waals surface area contributed by atoms with Gasteiger partial charge in [-0.15, -0.1) is 0 Å². The Kier molecular flexibility index (Phi) is 5.30. The monoisotopic (exact) mass is 488 g/mol. The average Bonchev–Trinajstić information content (AvgIpc) is 3.32. The molecule has 0 N–H and O–H groups in total. The van der Waals surface area contributed by atoms with Crippen LogP contribution in [0.4, 0.5) is 0 Å². The molecule has 0 aliphatic rings. The Morgan fingerprint density at radius 1 is 0.474 bits per heavy atom. The summed E-state index contributed by atoms with van der Waals surface area (Å²) in [5, 5.41) is 2.44. The number of rotatable bonds is 4. The van der Waals surface area contributed by atoms with Crippen molar-refractivity contribution in [3.63, 3.8) is 0 Å². The van der Waals surface area contributed by atoms with Crippen molar-refractivity contribution < 1.29 is 0 Å². The highest BCUT2D eigenvalue weighted by atomic mass is 15.0.